The fourth-order valence-electron chi connectivity index (χ4n) is 1.35. The van der Waals surface area contributed by atoms with E-state index in [0.717, 1.165) is 10.7 Å². The molecule has 0 amide bonds. The Labute approximate surface area is 107 Å². The van der Waals surface area contributed by atoms with Gasteiger partial charge in [0.2, 0.25) is 5.95 Å². The molecule has 2 heterocycles. The Morgan fingerprint density at radius 1 is 1.44 bits per heavy atom. The summed E-state index contributed by atoms with van der Waals surface area (Å²) in [5, 5.41) is 3.47. The zero-order valence-electron chi connectivity index (χ0n) is 9.13. The van der Waals surface area contributed by atoms with E-state index in [-0.39, 0.29) is 15.9 Å². The van der Waals surface area contributed by atoms with Crippen LogP contribution in [0, 0.1) is 5.95 Å². The number of aromatic nitrogens is 3. The molecule has 2 rings (SSSR count). The second-order valence-corrected chi connectivity index (χ2v) is 5.38. The van der Waals surface area contributed by atoms with Crippen molar-refractivity contribution in [3.05, 3.63) is 35.4 Å². The molecule has 0 bridgehead atoms. The standard InChI is InChI=1S/C9H8ClFN4O2S/c1-15-9(6(10)5-12-15)18(16,17)14-8-4-2-3-7(11)13-8/h2-5H,1H3,(H,13,14). The summed E-state index contributed by atoms with van der Waals surface area (Å²) in [6, 6.07) is 3.77. The van der Waals surface area contributed by atoms with E-state index in [1.54, 1.807) is 0 Å². The minimum absolute atomic E-state index is 0.0265. The number of hydrogen-bond donors (Lipinski definition) is 1. The summed E-state index contributed by atoms with van der Waals surface area (Å²) < 4.78 is 40.1. The molecule has 9 heteroatoms. The molecule has 2 aromatic rings. The van der Waals surface area contributed by atoms with E-state index in [0.29, 0.717) is 0 Å². The third-order valence-electron chi connectivity index (χ3n) is 2.05. The number of sulfonamides is 1. The molecule has 0 aliphatic carbocycles. The minimum Gasteiger partial charge on any atom is -0.262 e. The van der Waals surface area contributed by atoms with Crippen LogP contribution in [0.25, 0.3) is 0 Å². The largest absolute Gasteiger partial charge is 0.281 e. The van der Waals surface area contributed by atoms with Gasteiger partial charge in [0.05, 0.1) is 11.2 Å². The SMILES string of the molecule is Cn1ncc(Cl)c1S(=O)(=O)Nc1cccc(F)n1. The monoisotopic (exact) mass is 290 g/mol. The average molecular weight is 291 g/mol. The van der Waals surface area contributed by atoms with E-state index < -0.39 is 16.0 Å². The summed E-state index contributed by atoms with van der Waals surface area (Å²) in [4.78, 5) is 3.40. The van der Waals surface area contributed by atoms with Crippen molar-refractivity contribution in [1.82, 2.24) is 14.8 Å². The molecule has 1 N–H and O–H groups in total. The second kappa shape index (κ2) is 4.54. The van der Waals surface area contributed by atoms with Crippen LogP contribution in [0.2, 0.25) is 5.02 Å². The average Bonchev–Trinajstić information content (AvgIpc) is 2.58. The number of anilines is 1. The summed E-state index contributed by atoms with van der Waals surface area (Å²) in [6.07, 6.45) is 1.20. The molecule has 0 saturated heterocycles. The van der Waals surface area contributed by atoms with Gasteiger partial charge in [-0.25, -0.2) is 4.98 Å². The molecule has 0 fully saturated rings. The van der Waals surface area contributed by atoms with Crippen molar-refractivity contribution in [2.75, 3.05) is 4.72 Å². The topological polar surface area (TPSA) is 76.9 Å². The van der Waals surface area contributed by atoms with Crippen molar-refractivity contribution in [3.63, 3.8) is 0 Å². The van der Waals surface area contributed by atoms with E-state index in [1.807, 2.05) is 0 Å². The van der Waals surface area contributed by atoms with Gasteiger partial charge in [0.15, 0.2) is 5.03 Å². The second-order valence-electron chi connectivity index (χ2n) is 3.37. The Bertz CT molecular complexity index is 666. The normalized spacial score (nSPS) is 11.5. The summed E-state index contributed by atoms with van der Waals surface area (Å²) in [5.41, 5.74) is 0. The Kier molecular flexibility index (Phi) is 3.22. The molecule has 2 aromatic heterocycles. The van der Waals surface area contributed by atoms with Crippen molar-refractivity contribution >= 4 is 27.4 Å². The Morgan fingerprint density at radius 2 is 2.17 bits per heavy atom. The van der Waals surface area contributed by atoms with Gasteiger partial charge in [-0.1, -0.05) is 17.7 Å². The predicted molar refractivity (Wildman–Crippen MR) is 63.2 cm³/mol. The zero-order valence-corrected chi connectivity index (χ0v) is 10.7. The van der Waals surface area contributed by atoms with Gasteiger partial charge < -0.3 is 0 Å². The van der Waals surface area contributed by atoms with Gasteiger partial charge in [0, 0.05) is 7.05 Å². The first-order valence-electron chi connectivity index (χ1n) is 4.73. The van der Waals surface area contributed by atoms with Gasteiger partial charge in [-0.2, -0.15) is 17.9 Å². The van der Waals surface area contributed by atoms with Gasteiger partial charge in [-0.15, -0.1) is 0 Å². The third kappa shape index (κ3) is 2.44. The highest BCUT2D eigenvalue weighted by Crippen LogP contribution is 2.21. The molecule has 6 nitrogen and oxygen atoms in total. The first-order valence-corrected chi connectivity index (χ1v) is 6.59. The van der Waals surface area contributed by atoms with Crippen LogP contribution >= 0.6 is 11.6 Å². The van der Waals surface area contributed by atoms with Crippen molar-refractivity contribution in [3.8, 4) is 0 Å². The molecule has 0 spiro atoms. The maximum Gasteiger partial charge on any atom is 0.281 e. The maximum atomic E-state index is 12.9. The summed E-state index contributed by atoms with van der Waals surface area (Å²) in [6.45, 7) is 0. The number of rotatable bonds is 3. The smallest absolute Gasteiger partial charge is 0.262 e. The molecule has 0 unspecified atom stereocenters. The lowest BCUT2D eigenvalue weighted by molar-refractivity contribution is 0.579. The summed E-state index contributed by atoms with van der Waals surface area (Å²) in [7, 11) is -2.53. The molecule has 0 saturated carbocycles. The first-order chi connectivity index (χ1) is 8.40. The minimum atomic E-state index is -3.96. The van der Waals surface area contributed by atoms with Gasteiger partial charge >= 0.3 is 0 Å². The molecule has 18 heavy (non-hydrogen) atoms. The Morgan fingerprint density at radius 3 is 2.72 bits per heavy atom. The molecule has 96 valence electrons. The summed E-state index contributed by atoms with van der Waals surface area (Å²) in [5.74, 6) is -0.918. The Hall–Kier alpha value is -1.67. The van der Waals surface area contributed by atoms with Crippen molar-refractivity contribution in [2.24, 2.45) is 7.05 Å². The van der Waals surface area contributed by atoms with Crippen LogP contribution in [0.1, 0.15) is 0 Å². The molecule has 0 atom stereocenters. The van der Waals surface area contributed by atoms with Crippen LogP contribution in [-0.4, -0.2) is 23.2 Å². The lowest BCUT2D eigenvalue weighted by atomic mass is 10.5. The number of aryl methyl sites for hydroxylation is 1. The van der Waals surface area contributed by atoms with E-state index in [4.69, 9.17) is 11.6 Å². The van der Waals surface area contributed by atoms with E-state index in [2.05, 4.69) is 14.8 Å². The van der Waals surface area contributed by atoms with Gasteiger partial charge in [0.25, 0.3) is 10.0 Å². The van der Waals surface area contributed by atoms with E-state index in [9.17, 15) is 12.8 Å². The van der Waals surface area contributed by atoms with Crippen LogP contribution in [0.4, 0.5) is 10.2 Å². The van der Waals surface area contributed by atoms with Crippen LogP contribution in [0.15, 0.2) is 29.4 Å². The van der Waals surface area contributed by atoms with Crippen LogP contribution < -0.4 is 4.72 Å². The number of pyridine rings is 1. The van der Waals surface area contributed by atoms with Crippen molar-refractivity contribution < 1.29 is 12.8 Å². The number of nitrogens with one attached hydrogen (secondary N) is 1. The van der Waals surface area contributed by atoms with E-state index >= 15 is 0 Å². The zero-order chi connectivity index (χ0) is 13.3. The molecule has 0 aromatic carbocycles. The highest BCUT2D eigenvalue weighted by atomic mass is 35.5. The fourth-order valence-corrected chi connectivity index (χ4v) is 3.01. The quantitative estimate of drug-likeness (QED) is 0.867. The third-order valence-corrected chi connectivity index (χ3v) is 3.91. The number of nitrogens with zero attached hydrogens (tertiary/aromatic N) is 3. The summed E-state index contributed by atoms with van der Waals surface area (Å²) >= 11 is 5.73. The fraction of sp³-hybridized carbons (Fsp3) is 0.111. The van der Waals surface area contributed by atoms with Gasteiger partial charge in [-0.05, 0) is 12.1 Å². The molecule has 0 aliphatic rings. The number of halogens is 2. The van der Waals surface area contributed by atoms with Crippen LogP contribution in [-0.2, 0) is 17.1 Å². The lowest BCUT2D eigenvalue weighted by Gasteiger charge is -2.07. The number of hydrogen-bond acceptors (Lipinski definition) is 4. The molecular formula is C9H8ClFN4O2S. The molecule has 0 aliphatic heterocycles. The van der Waals surface area contributed by atoms with Crippen molar-refractivity contribution in [2.45, 2.75) is 5.03 Å². The van der Waals surface area contributed by atoms with Gasteiger partial charge in [-0.3, -0.25) is 9.40 Å². The van der Waals surface area contributed by atoms with E-state index in [1.165, 1.54) is 25.4 Å². The lowest BCUT2D eigenvalue weighted by Crippen LogP contribution is -2.18. The van der Waals surface area contributed by atoms with Crippen LogP contribution in [0.5, 0.6) is 0 Å². The first kappa shape index (κ1) is 12.8. The van der Waals surface area contributed by atoms with Crippen LogP contribution in [0.3, 0.4) is 0 Å². The van der Waals surface area contributed by atoms with Crippen molar-refractivity contribution in [1.29, 1.82) is 0 Å². The molecular weight excluding hydrogens is 283 g/mol. The Balaban J connectivity index is 2.39. The highest BCUT2D eigenvalue weighted by Gasteiger charge is 2.23. The highest BCUT2D eigenvalue weighted by molar-refractivity contribution is 7.92. The van der Waals surface area contributed by atoms with Gasteiger partial charge in [0.1, 0.15) is 5.82 Å². The maximum absolute atomic E-state index is 12.9. The predicted octanol–water partition coefficient (Wildman–Crippen LogP) is 1.41. The molecule has 0 radical (unpaired) electrons.